The number of carbonyl (C=O) groups is 3. The predicted molar refractivity (Wildman–Crippen MR) is 108 cm³/mol. The number of anilines is 1. The van der Waals surface area contributed by atoms with Crippen molar-refractivity contribution in [2.45, 2.75) is 44.6 Å². The molecule has 7 heteroatoms. The molecule has 1 heterocycles. The van der Waals surface area contributed by atoms with Crippen molar-refractivity contribution in [1.82, 2.24) is 14.7 Å². The van der Waals surface area contributed by atoms with Gasteiger partial charge in [-0.25, -0.2) is 4.79 Å². The van der Waals surface area contributed by atoms with E-state index < -0.39 is 0 Å². The van der Waals surface area contributed by atoms with Crippen LogP contribution in [0.25, 0.3) is 0 Å². The summed E-state index contributed by atoms with van der Waals surface area (Å²) in [6, 6.07) is 7.64. The van der Waals surface area contributed by atoms with Gasteiger partial charge >= 0.3 is 6.03 Å². The molecular formula is C21H30N4O3. The Balaban J connectivity index is 1.52. The molecule has 0 unspecified atom stereocenters. The first-order valence-electron chi connectivity index (χ1n) is 10.1. The quantitative estimate of drug-likeness (QED) is 0.844. The maximum atomic E-state index is 12.6. The van der Waals surface area contributed by atoms with Gasteiger partial charge in [0.2, 0.25) is 11.8 Å². The van der Waals surface area contributed by atoms with Crippen molar-refractivity contribution in [2.24, 2.45) is 0 Å². The Labute approximate surface area is 166 Å². The molecule has 1 saturated carbocycles. The summed E-state index contributed by atoms with van der Waals surface area (Å²) in [6.45, 7) is 1.31. The number of aryl methyl sites for hydroxylation is 1. The number of hydrogen-bond donors (Lipinski definition) is 1. The fourth-order valence-corrected chi connectivity index (χ4v) is 3.94. The lowest BCUT2D eigenvalue weighted by molar-refractivity contribution is -0.137. The average molecular weight is 386 g/mol. The van der Waals surface area contributed by atoms with Crippen molar-refractivity contribution in [3.05, 3.63) is 29.8 Å². The monoisotopic (exact) mass is 386 g/mol. The van der Waals surface area contributed by atoms with Crippen molar-refractivity contribution in [2.75, 3.05) is 39.0 Å². The number of nitrogens with one attached hydrogen (secondary N) is 1. The molecule has 0 spiro atoms. The third kappa shape index (κ3) is 5.03. The fraction of sp³-hybridized carbons (Fsp3) is 0.571. The van der Waals surface area contributed by atoms with E-state index in [0.717, 1.165) is 18.4 Å². The van der Waals surface area contributed by atoms with Gasteiger partial charge in [-0.2, -0.15) is 0 Å². The smallest absolute Gasteiger partial charge is 0.322 e. The highest BCUT2D eigenvalue weighted by Gasteiger charge is 2.32. The van der Waals surface area contributed by atoms with E-state index in [0.29, 0.717) is 37.7 Å². The van der Waals surface area contributed by atoms with E-state index in [1.807, 2.05) is 29.2 Å². The van der Waals surface area contributed by atoms with Gasteiger partial charge in [0.05, 0.1) is 0 Å². The molecular weight excluding hydrogens is 356 g/mol. The molecule has 0 radical (unpaired) electrons. The van der Waals surface area contributed by atoms with Gasteiger partial charge in [-0.3, -0.25) is 9.59 Å². The average Bonchev–Trinajstić information content (AvgIpc) is 3.20. The first kappa shape index (κ1) is 20.2. The van der Waals surface area contributed by atoms with Crippen LogP contribution in [-0.4, -0.2) is 72.3 Å². The summed E-state index contributed by atoms with van der Waals surface area (Å²) in [7, 11) is 3.49. The molecule has 0 bridgehead atoms. The topological polar surface area (TPSA) is 73.0 Å². The van der Waals surface area contributed by atoms with Gasteiger partial charge in [0.1, 0.15) is 6.54 Å². The highest BCUT2D eigenvalue weighted by atomic mass is 16.2. The second-order valence-electron chi connectivity index (χ2n) is 7.87. The molecule has 1 aliphatic carbocycles. The third-order valence-electron chi connectivity index (χ3n) is 5.61. The lowest BCUT2D eigenvalue weighted by Gasteiger charge is -2.37. The van der Waals surface area contributed by atoms with Crippen LogP contribution < -0.4 is 5.32 Å². The number of carbonyl (C=O) groups excluding carboxylic acids is 3. The standard InChI is InChI=1S/C21H30N4O3/c1-23(2)19(26)11-10-16-6-5-7-17(14-16)22-21(28)24-12-13-25(20(27)15-24)18-8-3-4-9-18/h5-7,14,18H,3-4,8-13,15H2,1-2H3,(H,22,28). The fourth-order valence-electron chi connectivity index (χ4n) is 3.94. The molecule has 2 fully saturated rings. The van der Waals surface area contributed by atoms with Gasteiger partial charge in [-0.1, -0.05) is 25.0 Å². The Bertz CT molecular complexity index is 728. The minimum atomic E-state index is -0.249. The summed E-state index contributed by atoms with van der Waals surface area (Å²) >= 11 is 0. The van der Waals surface area contributed by atoms with Gasteiger partial charge in [-0.05, 0) is 37.0 Å². The molecule has 152 valence electrons. The zero-order chi connectivity index (χ0) is 20.1. The zero-order valence-electron chi connectivity index (χ0n) is 16.8. The van der Waals surface area contributed by atoms with Crippen LogP contribution in [0.3, 0.4) is 0 Å². The molecule has 3 rings (SSSR count). The minimum Gasteiger partial charge on any atom is -0.349 e. The van der Waals surface area contributed by atoms with Crippen molar-refractivity contribution in [1.29, 1.82) is 0 Å². The Morgan fingerprint density at radius 3 is 2.61 bits per heavy atom. The van der Waals surface area contributed by atoms with Crippen molar-refractivity contribution in [3.63, 3.8) is 0 Å². The Morgan fingerprint density at radius 1 is 1.18 bits per heavy atom. The van der Waals surface area contributed by atoms with Crippen LogP contribution in [0, 0.1) is 0 Å². The van der Waals surface area contributed by atoms with Gasteiger partial charge in [0, 0.05) is 45.3 Å². The van der Waals surface area contributed by atoms with Crippen LogP contribution in [0.4, 0.5) is 10.5 Å². The van der Waals surface area contributed by atoms with Crippen LogP contribution in [0.15, 0.2) is 24.3 Å². The number of nitrogens with zero attached hydrogens (tertiary/aromatic N) is 3. The number of urea groups is 1. The molecule has 1 aromatic carbocycles. The van der Waals surface area contributed by atoms with E-state index in [1.165, 1.54) is 12.8 Å². The first-order valence-corrected chi connectivity index (χ1v) is 10.1. The number of rotatable bonds is 5. The molecule has 1 aromatic rings. The van der Waals surface area contributed by atoms with Crippen molar-refractivity contribution < 1.29 is 14.4 Å². The van der Waals surface area contributed by atoms with Gasteiger partial charge in [-0.15, -0.1) is 0 Å². The second-order valence-corrected chi connectivity index (χ2v) is 7.87. The molecule has 1 aliphatic heterocycles. The van der Waals surface area contributed by atoms with E-state index in [1.54, 1.807) is 23.9 Å². The molecule has 7 nitrogen and oxygen atoms in total. The third-order valence-corrected chi connectivity index (χ3v) is 5.61. The second kappa shape index (κ2) is 9.08. The Hall–Kier alpha value is -2.57. The van der Waals surface area contributed by atoms with Gasteiger partial charge in [0.25, 0.3) is 0 Å². The molecule has 4 amide bonds. The lowest BCUT2D eigenvalue weighted by Crippen LogP contribution is -2.55. The van der Waals surface area contributed by atoms with E-state index >= 15 is 0 Å². The zero-order valence-corrected chi connectivity index (χ0v) is 16.8. The highest BCUT2D eigenvalue weighted by molar-refractivity contribution is 5.93. The predicted octanol–water partition coefficient (Wildman–Crippen LogP) is 2.33. The normalized spacial score (nSPS) is 17.7. The van der Waals surface area contributed by atoms with Crippen LogP contribution in [0.1, 0.15) is 37.7 Å². The Kier molecular flexibility index (Phi) is 6.54. The Morgan fingerprint density at radius 2 is 1.93 bits per heavy atom. The molecule has 2 aliphatic rings. The van der Waals surface area contributed by atoms with Gasteiger partial charge < -0.3 is 20.0 Å². The van der Waals surface area contributed by atoms with Crippen molar-refractivity contribution in [3.8, 4) is 0 Å². The summed E-state index contributed by atoms with van der Waals surface area (Å²) in [6.07, 6.45) is 5.60. The number of benzene rings is 1. The van der Waals surface area contributed by atoms with Crippen LogP contribution in [0.2, 0.25) is 0 Å². The van der Waals surface area contributed by atoms with Crippen LogP contribution in [-0.2, 0) is 16.0 Å². The molecule has 1 N–H and O–H groups in total. The molecule has 1 saturated heterocycles. The summed E-state index contributed by atoms with van der Waals surface area (Å²) in [5.41, 5.74) is 1.68. The highest BCUT2D eigenvalue weighted by Crippen LogP contribution is 2.25. The van der Waals surface area contributed by atoms with Gasteiger partial charge in [0.15, 0.2) is 0 Å². The largest absolute Gasteiger partial charge is 0.349 e. The summed E-state index contributed by atoms with van der Waals surface area (Å²) in [5.74, 6) is 0.123. The minimum absolute atomic E-state index is 0.0456. The van der Waals surface area contributed by atoms with E-state index in [2.05, 4.69) is 5.32 Å². The number of piperazine rings is 1. The molecule has 0 atom stereocenters. The molecule has 28 heavy (non-hydrogen) atoms. The van der Waals surface area contributed by atoms with E-state index in [9.17, 15) is 14.4 Å². The van der Waals surface area contributed by atoms with E-state index in [4.69, 9.17) is 0 Å². The first-order chi connectivity index (χ1) is 13.4. The maximum Gasteiger partial charge on any atom is 0.322 e. The van der Waals surface area contributed by atoms with Crippen LogP contribution >= 0.6 is 0 Å². The SMILES string of the molecule is CN(C)C(=O)CCc1cccc(NC(=O)N2CCN(C3CCCC3)C(=O)C2)c1. The summed E-state index contributed by atoms with van der Waals surface area (Å²) in [5, 5.41) is 2.89. The summed E-state index contributed by atoms with van der Waals surface area (Å²) in [4.78, 5) is 41.9. The van der Waals surface area contributed by atoms with Crippen LogP contribution in [0.5, 0.6) is 0 Å². The molecule has 0 aromatic heterocycles. The summed E-state index contributed by atoms with van der Waals surface area (Å²) < 4.78 is 0. The lowest BCUT2D eigenvalue weighted by atomic mass is 10.1. The van der Waals surface area contributed by atoms with E-state index in [-0.39, 0.29) is 24.4 Å². The number of amides is 4. The maximum absolute atomic E-state index is 12.6. The number of hydrogen-bond acceptors (Lipinski definition) is 3. The van der Waals surface area contributed by atoms with Crippen molar-refractivity contribution >= 4 is 23.5 Å².